The van der Waals surface area contributed by atoms with E-state index < -0.39 is 11.9 Å². The van der Waals surface area contributed by atoms with Gasteiger partial charge in [0.05, 0.1) is 22.1 Å². The number of hydrogen-bond donors (Lipinski definition) is 1. The van der Waals surface area contributed by atoms with E-state index in [2.05, 4.69) is 10.3 Å². The number of nitrogens with zero attached hydrogens (tertiary/aromatic N) is 2. The molecule has 0 unspecified atom stereocenters. The van der Waals surface area contributed by atoms with Crippen LogP contribution in [0.2, 0.25) is 0 Å². The number of allylic oxidation sites excluding steroid dienone is 2. The summed E-state index contributed by atoms with van der Waals surface area (Å²) in [6.45, 7) is 3.89. The molecule has 29 heavy (non-hydrogen) atoms. The quantitative estimate of drug-likeness (QED) is 0.596. The second-order valence-corrected chi connectivity index (χ2v) is 9.00. The molecule has 1 aromatic carbocycles. The van der Waals surface area contributed by atoms with Crippen LogP contribution in [-0.2, 0) is 14.4 Å². The van der Waals surface area contributed by atoms with E-state index in [1.807, 2.05) is 26.0 Å². The fraction of sp³-hybridized carbons (Fsp3) is 0.429. The van der Waals surface area contributed by atoms with Gasteiger partial charge in [0.1, 0.15) is 11.9 Å². The molecule has 8 heteroatoms. The van der Waals surface area contributed by atoms with Crippen molar-refractivity contribution in [2.24, 2.45) is 17.8 Å². The van der Waals surface area contributed by atoms with Gasteiger partial charge in [-0.25, -0.2) is 9.37 Å². The Morgan fingerprint density at radius 2 is 1.90 bits per heavy atom. The minimum absolute atomic E-state index is 0.108. The highest BCUT2D eigenvalue weighted by Gasteiger charge is 2.51. The summed E-state index contributed by atoms with van der Waals surface area (Å²) in [5.41, 5.74) is 0.581. The zero-order valence-electron chi connectivity index (χ0n) is 16.2. The number of anilines is 1. The first-order chi connectivity index (χ1) is 13.8. The van der Waals surface area contributed by atoms with Gasteiger partial charge >= 0.3 is 0 Å². The Kier molecular flexibility index (Phi) is 5.21. The van der Waals surface area contributed by atoms with Crippen LogP contribution in [0.15, 0.2) is 30.4 Å². The van der Waals surface area contributed by atoms with Crippen molar-refractivity contribution in [3.8, 4) is 0 Å². The number of carbonyl (C=O) groups is 3. The lowest BCUT2D eigenvalue weighted by Gasteiger charge is -2.26. The number of amides is 3. The molecule has 1 aromatic heterocycles. The number of fused-ring (bicyclic) bond motifs is 2. The Bertz CT molecular complexity index is 990. The molecule has 0 spiro atoms. The van der Waals surface area contributed by atoms with Crippen LogP contribution >= 0.6 is 11.3 Å². The lowest BCUT2D eigenvalue weighted by Crippen LogP contribution is -2.48. The highest BCUT2D eigenvalue weighted by molar-refractivity contribution is 7.22. The van der Waals surface area contributed by atoms with Crippen molar-refractivity contribution in [2.45, 2.75) is 39.2 Å². The van der Waals surface area contributed by atoms with E-state index in [1.165, 1.54) is 17.0 Å². The van der Waals surface area contributed by atoms with Gasteiger partial charge in [-0.15, -0.1) is 0 Å². The van der Waals surface area contributed by atoms with Crippen molar-refractivity contribution in [3.63, 3.8) is 0 Å². The fourth-order valence-corrected chi connectivity index (χ4v) is 4.94. The third-order valence-corrected chi connectivity index (χ3v) is 6.36. The molecule has 3 atom stereocenters. The Morgan fingerprint density at radius 3 is 2.52 bits per heavy atom. The van der Waals surface area contributed by atoms with E-state index in [1.54, 1.807) is 6.07 Å². The number of benzene rings is 1. The number of thiazole rings is 1. The summed E-state index contributed by atoms with van der Waals surface area (Å²) in [5, 5.41) is 3.06. The number of hydrogen-bond acceptors (Lipinski definition) is 5. The lowest BCUT2D eigenvalue weighted by molar-refractivity contribution is -0.147. The molecule has 2 heterocycles. The van der Waals surface area contributed by atoms with Gasteiger partial charge in [-0.05, 0) is 43.4 Å². The fourth-order valence-electron chi connectivity index (χ4n) is 4.05. The van der Waals surface area contributed by atoms with Crippen LogP contribution < -0.4 is 5.32 Å². The third kappa shape index (κ3) is 3.69. The number of carbonyl (C=O) groups excluding carboxylic acids is 3. The molecule has 0 saturated carbocycles. The minimum atomic E-state index is -0.885. The van der Waals surface area contributed by atoms with E-state index in [0.29, 0.717) is 34.6 Å². The number of nitrogens with one attached hydrogen (secondary N) is 1. The smallest absolute Gasteiger partial charge is 0.249 e. The van der Waals surface area contributed by atoms with Crippen LogP contribution in [0.4, 0.5) is 9.52 Å². The van der Waals surface area contributed by atoms with E-state index >= 15 is 0 Å². The average Bonchev–Trinajstić information content (AvgIpc) is 3.18. The zero-order chi connectivity index (χ0) is 20.7. The molecule has 4 rings (SSSR count). The highest BCUT2D eigenvalue weighted by Crippen LogP contribution is 2.37. The number of rotatable bonds is 5. The molecule has 3 amide bonds. The van der Waals surface area contributed by atoms with E-state index in [4.69, 9.17) is 0 Å². The Hall–Kier alpha value is -2.61. The van der Waals surface area contributed by atoms with Crippen LogP contribution in [0.5, 0.6) is 0 Å². The summed E-state index contributed by atoms with van der Waals surface area (Å²) in [5.74, 6) is -1.99. The Labute approximate surface area is 171 Å². The van der Waals surface area contributed by atoms with Crippen molar-refractivity contribution in [1.29, 1.82) is 0 Å². The monoisotopic (exact) mass is 415 g/mol. The largest absolute Gasteiger partial charge is 0.300 e. The first-order valence-corrected chi connectivity index (χ1v) is 10.6. The van der Waals surface area contributed by atoms with Gasteiger partial charge in [0.2, 0.25) is 17.7 Å². The van der Waals surface area contributed by atoms with Crippen LogP contribution in [0.25, 0.3) is 10.2 Å². The average molecular weight is 415 g/mol. The molecule has 0 radical (unpaired) electrons. The number of imide groups is 1. The standard InChI is InChI=1S/C21H22FN3O3S/c1-11(2)9-16(25-19(27)13-5-3-4-6-14(13)20(25)28)18(26)24-21-23-15-8-7-12(22)10-17(15)29-21/h3-4,7-8,10-11,13-14,16H,5-6,9H2,1-2H3,(H,23,24,26)/t13-,14+,16-/m0/s1. The van der Waals surface area contributed by atoms with Crippen molar-refractivity contribution >= 4 is 44.4 Å². The summed E-state index contributed by atoms with van der Waals surface area (Å²) in [4.78, 5) is 44.5. The first-order valence-electron chi connectivity index (χ1n) is 9.74. The molecule has 2 aromatic rings. The van der Waals surface area contributed by atoms with Crippen molar-refractivity contribution in [2.75, 3.05) is 5.32 Å². The normalized spacial score (nSPS) is 22.4. The molecule has 2 aliphatic rings. The third-order valence-electron chi connectivity index (χ3n) is 5.43. The summed E-state index contributed by atoms with van der Waals surface area (Å²) < 4.78 is 14.0. The number of likely N-dealkylation sites (tertiary alicyclic amines) is 1. The number of halogens is 1. The highest BCUT2D eigenvalue weighted by atomic mass is 32.1. The molecule has 6 nitrogen and oxygen atoms in total. The van der Waals surface area contributed by atoms with Crippen LogP contribution in [0.1, 0.15) is 33.1 Å². The topological polar surface area (TPSA) is 79.4 Å². The maximum atomic E-state index is 13.4. The predicted molar refractivity (Wildman–Crippen MR) is 109 cm³/mol. The van der Waals surface area contributed by atoms with Gasteiger partial charge in [-0.3, -0.25) is 19.3 Å². The van der Waals surface area contributed by atoms with Gasteiger partial charge in [-0.2, -0.15) is 0 Å². The molecule has 1 saturated heterocycles. The molecular weight excluding hydrogens is 393 g/mol. The van der Waals surface area contributed by atoms with Crippen molar-refractivity contribution in [1.82, 2.24) is 9.88 Å². The first kappa shape index (κ1) is 19.7. The van der Waals surface area contributed by atoms with Gasteiger partial charge in [0.15, 0.2) is 5.13 Å². The summed E-state index contributed by atoms with van der Waals surface area (Å²) in [6, 6.07) is 3.34. The minimum Gasteiger partial charge on any atom is -0.300 e. The molecule has 1 N–H and O–H groups in total. The molecular formula is C21H22FN3O3S. The van der Waals surface area contributed by atoms with Gasteiger partial charge in [0, 0.05) is 0 Å². The maximum absolute atomic E-state index is 13.4. The van der Waals surface area contributed by atoms with Crippen LogP contribution in [0.3, 0.4) is 0 Å². The SMILES string of the molecule is CC(C)C[C@@H](C(=O)Nc1nc2ccc(F)cc2s1)N1C(=O)[C@H]2CC=CC[C@H]2C1=O. The second kappa shape index (κ2) is 7.67. The predicted octanol–water partition coefficient (Wildman–Crippen LogP) is 3.74. The lowest BCUT2D eigenvalue weighted by atomic mass is 9.85. The molecule has 152 valence electrons. The van der Waals surface area contributed by atoms with Crippen LogP contribution in [-0.4, -0.2) is 33.6 Å². The summed E-state index contributed by atoms with van der Waals surface area (Å²) in [7, 11) is 0. The van der Waals surface area contributed by atoms with Gasteiger partial charge < -0.3 is 5.32 Å². The van der Waals surface area contributed by atoms with E-state index in [-0.39, 0.29) is 35.4 Å². The Morgan fingerprint density at radius 1 is 1.24 bits per heavy atom. The van der Waals surface area contributed by atoms with Crippen LogP contribution in [0, 0.1) is 23.6 Å². The van der Waals surface area contributed by atoms with E-state index in [0.717, 1.165) is 11.3 Å². The summed E-state index contributed by atoms with van der Waals surface area (Å²) >= 11 is 1.16. The van der Waals surface area contributed by atoms with Crippen molar-refractivity contribution in [3.05, 3.63) is 36.2 Å². The summed E-state index contributed by atoms with van der Waals surface area (Å²) in [6.07, 6.45) is 5.29. The maximum Gasteiger partial charge on any atom is 0.249 e. The molecule has 0 bridgehead atoms. The Balaban J connectivity index is 1.59. The van der Waals surface area contributed by atoms with E-state index in [9.17, 15) is 18.8 Å². The van der Waals surface area contributed by atoms with Gasteiger partial charge in [-0.1, -0.05) is 37.3 Å². The molecule has 1 aliphatic heterocycles. The number of aromatic nitrogens is 1. The molecule has 1 fully saturated rings. The molecule has 1 aliphatic carbocycles. The zero-order valence-corrected chi connectivity index (χ0v) is 17.0. The van der Waals surface area contributed by atoms with Crippen molar-refractivity contribution < 1.29 is 18.8 Å². The second-order valence-electron chi connectivity index (χ2n) is 7.97. The van der Waals surface area contributed by atoms with Gasteiger partial charge in [0.25, 0.3) is 0 Å².